The molecule has 7 nitrogen and oxygen atoms in total. The molecule has 0 unspecified atom stereocenters. The van der Waals surface area contributed by atoms with Crippen LogP contribution in [-0.4, -0.2) is 43.8 Å². The Morgan fingerprint density at radius 1 is 0.800 bits per heavy atom. The molecule has 0 spiro atoms. The third kappa shape index (κ3) is 9.01. The number of anilines is 1. The van der Waals surface area contributed by atoms with Gasteiger partial charge in [0.05, 0.1) is 20.6 Å². The van der Waals surface area contributed by atoms with Crippen LogP contribution in [0.25, 0.3) is 0 Å². The van der Waals surface area contributed by atoms with Gasteiger partial charge in [0, 0.05) is 24.0 Å². The highest BCUT2D eigenvalue weighted by atomic mass is 35.5. The number of nitrogens with one attached hydrogen (secondary N) is 1. The molecule has 45 heavy (non-hydrogen) atoms. The van der Waals surface area contributed by atoms with E-state index >= 15 is 0 Å². The van der Waals surface area contributed by atoms with E-state index < -0.39 is 28.5 Å². The van der Waals surface area contributed by atoms with Gasteiger partial charge in [0.2, 0.25) is 11.8 Å². The molecule has 0 saturated carbocycles. The van der Waals surface area contributed by atoms with Crippen LogP contribution in [0.2, 0.25) is 15.1 Å². The summed E-state index contributed by atoms with van der Waals surface area (Å²) >= 11 is 18.6. The highest BCUT2D eigenvalue weighted by Crippen LogP contribution is 2.31. The molecule has 0 aliphatic heterocycles. The van der Waals surface area contributed by atoms with Gasteiger partial charge in [-0.2, -0.15) is 0 Å². The van der Waals surface area contributed by atoms with Crippen LogP contribution in [0.4, 0.5) is 5.69 Å². The Hall–Kier alpha value is -3.56. The van der Waals surface area contributed by atoms with E-state index in [0.29, 0.717) is 17.0 Å². The highest BCUT2D eigenvalue weighted by Gasteiger charge is 2.35. The van der Waals surface area contributed by atoms with Gasteiger partial charge in [-0.1, -0.05) is 102 Å². The second kappa shape index (κ2) is 15.6. The zero-order chi connectivity index (χ0) is 32.6. The van der Waals surface area contributed by atoms with Crippen molar-refractivity contribution in [2.75, 3.05) is 10.8 Å². The quantitative estimate of drug-likeness (QED) is 0.159. The number of sulfonamides is 1. The zero-order valence-electron chi connectivity index (χ0n) is 24.9. The maximum atomic E-state index is 14.5. The summed E-state index contributed by atoms with van der Waals surface area (Å²) < 4.78 is 29.1. The molecule has 2 atom stereocenters. The lowest BCUT2D eigenvalue weighted by molar-refractivity contribution is -0.140. The highest BCUT2D eigenvalue weighted by molar-refractivity contribution is 7.92. The van der Waals surface area contributed by atoms with Crippen LogP contribution in [-0.2, 0) is 32.6 Å². The van der Waals surface area contributed by atoms with Crippen LogP contribution in [0.1, 0.15) is 31.4 Å². The lowest BCUT2D eigenvalue weighted by Crippen LogP contribution is -2.54. The third-order valence-electron chi connectivity index (χ3n) is 7.34. The summed E-state index contributed by atoms with van der Waals surface area (Å²) in [5, 5.41) is 3.90. The summed E-state index contributed by atoms with van der Waals surface area (Å²) in [5.41, 5.74) is 1.71. The van der Waals surface area contributed by atoms with Gasteiger partial charge >= 0.3 is 0 Å². The number of halogens is 3. The second-order valence-electron chi connectivity index (χ2n) is 10.6. The number of carbonyl (C=O) groups excluding carboxylic acids is 2. The fourth-order valence-electron chi connectivity index (χ4n) is 4.67. The van der Waals surface area contributed by atoms with Crippen molar-refractivity contribution in [2.24, 2.45) is 0 Å². The van der Waals surface area contributed by atoms with Gasteiger partial charge in [-0.3, -0.25) is 13.9 Å². The molecular weight excluding hydrogens is 653 g/mol. The summed E-state index contributed by atoms with van der Waals surface area (Å²) in [6.45, 7) is 3.27. The van der Waals surface area contributed by atoms with Crippen LogP contribution < -0.4 is 9.62 Å². The summed E-state index contributed by atoms with van der Waals surface area (Å²) in [5.74, 6) is -0.932. The Kier molecular flexibility index (Phi) is 11.9. The van der Waals surface area contributed by atoms with Crippen molar-refractivity contribution in [1.29, 1.82) is 0 Å². The Bertz CT molecular complexity index is 1710. The van der Waals surface area contributed by atoms with Gasteiger partial charge in [-0.05, 0) is 66.9 Å². The smallest absolute Gasteiger partial charge is 0.264 e. The van der Waals surface area contributed by atoms with Crippen LogP contribution in [0, 0.1) is 0 Å². The molecule has 11 heteroatoms. The molecule has 0 fully saturated rings. The zero-order valence-corrected chi connectivity index (χ0v) is 28.0. The van der Waals surface area contributed by atoms with E-state index in [1.54, 1.807) is 42.5 Å². The van der Waals surface area contributed by atoms with Crippen LogP contribution in [0.3, 0.4) is 0 Å². The number of hydrogen-bond donors (Lipinski definition) is 1. The monoisotopic (exact) mass is 685 g/mol. The van der Waals surface area contributed by atoms with Gasteiger partial charge in [0.25, 0.3) is 10.0 Å². The van der Waals surface area contributed by atoms with E-state index in [9.17, 15) is 18.0 Å². The van der Waals surface area contributed by atoms with Gasteiger partial charge in [0.15, 0.2) is 0 Å². The van der Waals surface area contributed by atoms with E-state index in [4.69, 9.17) is 34.8 Å². The Morgan fingerprint density at radius 2 is 1.42 bits per heavy atom. The maximum absolute atomic E-state index is 14.5. The molecule has 0 radical (unpaired) electrons. The lowest BCUT2D eigenvalue weighted by atomic mass is 10.0. The molecule has 0 aliphatic rings. The Labute approximate surface area is 279 Å². The summed E-state index contributed by atoms with van der Waals surface area (Å²) in [6.07, 6.45) is 0.899. The summed E-state index contributed by atoms with van der Waals surface area (Å²) in [4.78, 5) is 29.8. The largest absolute Gasteiger partial charge is 0.352 e. The molecule has 0 heterocycles. The van der Waals surface area contributed by atoms with Crippen LogP contribution >= 0.6 is 34.8 Å². The third-order valence-corrected chi connectivity index (χ3v) is 10.1. The fraction of sp³-hybridized carbons (Fsp3) is 0.235. The standard InChI is InChI=1S/C34H34Cl3N3O4S/c1-3-24(2)38-34(42)32(20-25-10-6-4-7-11-25)39(22-26-14-16-27(35)17-15-26)33(41)23-40(28-18-19-30(36)31(37)21-28)45(43,44)29-12-8-5-9-13-29/h4-19,21,24,32H,3,20,22-23H2,1-2H3,(H,38,42)/t24-,32+/m0/s1. The fourth-order valence-corrected chi connectivity index (χ4v) is 6.52. The van der Waals surface area contributed by atoms with Crippen molar-refractivity contribution in [3.63, 3.8) is 0 Å². The first kappa shape index (κ1) is 34.3. The van der Waals surface area contributed by atoms with E-state index in [1.807, 2.05) is 44.2 Å². The Balaban J connectivity index is 1.81. The molecule has 4 rings (SSSR count). The van der Waals surface area contributed by atoms with Crippen molar-refractivity contribution < 1.29 is 18.0 Å². The van der Waals surface area contributed by atoms with Crippen molar-refractivity contribution in [1.82, 2.24) is 10.2 Å². The van der Waals surface area contributed by atoms with Gasteiger partial charge < -0.3 is 10.2 Å². The van der Waals surface area contributed by atoms with Gasteiger partial charge in [-0.25, -0.2) is 8.42 Å². The van der Waals surface area contributed by atoms with Gasteiger partial charge in [-0.15, -0.1) is 0 Å². The Morgan fingerprint density at radius 3 is 2.02 bits per heavy atom. The van der Waals surface area contributed by atoms with Crippen molar-refractivity contribution in [3.05, 3.63) is 129 Å². The first-order chi connectivity index (χ1) is 21.5. The topological polar surface area (TPSA) is 86.8 Å². The summed E-state index contributed by atoms with van der Waals surface area (Å²) in [6, 6.07) is 27.4. The van der Waals surface area contributed by atoms with Gasteiger partial charge in [0.1, 0.15) is 12.6 Å². The average Bonchev–Trinajstić information content (AvgIpc) is 3.04. The second-order valence-corrected chi connectivity index (χ2v) is 13.7. The van der Waals surface area contributed by atoms with Crippen LogP contribution in [0.15, 0.2) is 108 Å². The van der Waals surface area contributed by atoms with Crippen LogP contribution in [0.5, 0.6) is 0 Å². The molecule has 0 saturated heterocycles. The number of carbonyl (C=O) groups is 2. The molecule has 4 aromatic rings. The van der Waals surface area contributed by atoms with E-state index in [-0.39, 0.29) is 45.5 Å². The normalized spacial score (nSPS) is 12.6. The maximum Gasteiger partial charge on any atom is 0.264 e. The lowest BCUT2D eigenvalue weighted by Gasteiger charge is -2.34. The molecule has 1 N–H and O–H groups in total. The predicted molar refractivity (Wildman–Crippen MR) is 181 cm³/mol. The minimum Gasteiger partial charge on any atom is -0.352 e. The van der Waals surface area contributed by atoms with Crippen molar-refractivity contribution >= 4 is 62.3 Å². The SMILES string of the molecule is CC[C@H](C)NC(=O)[C@@H](Cc1ccccc1)N(Cc1ccc(Cl)cc1)C(=O)CN(c1ccc(Cl)c(Cl)c1)S(=O)(=O)c1ccccc1. The average molecular weight is 687 g/mol. The predicted octanol–water partition coefficient (Wildman–Crippen LogP) is 7.40. The number of rotatable bonds is 13. The van der Waals surface area contributed by atoms with E-state index in [0.717, 1.165) is 9.87 Å². The molecule has 0 aliphatic carbocycles. The molecule has 2 amide bonds. The minimum atomic E-state index is -4.25. The number of amides is 2. The number of benzene rings is 4. The van der Waals surface area contributed by atoms with E-state index in [1.165, 1.54) is 35.2 Å². The molecule has 236 valence electrons. The molecular formula is C34H34Cl3N3O4S. The van der Waals surface area contributed by atoms with E-state index in [2.05, 4.69) is 5.32 Å². The number of hydrogen-bond acceptors (Lipinski definition) is 4. The molecule has 0 aromatic heterocycles. The molecule has 4 aromatic carbocycles. The summed E-state index contributed by atoms with van der Waals surface area (Å²) in [7, 11) is -4.25. The molecule has 0 bridgehead atoms. The minimum absolute atomic E-state index is 0.0107. The first-order valence-electron chi connectivity index (χ1n) is 14.4. The number of nitrogens with zero attached hydrogens (tertiary/aromatic N) is 2. The van der Waals surface area contributed by atoms with Crippen molar-refractivity contribution in [2.45, 2.75) is 50.2 Å². The first-order valence-corrected chi connectivity index (χ1v) is 17.0. The van der Waals surface area contributed by atoms with Crippen molar-refractivity contribution in [3.8, 4) is 0 Å².